The van der Waals surface area contributed by atoms with E-state index in [9.17, 15) is 5.11 Å². The third-order valence-corrected chi connectivity index (χ3v) is 7.23. The zero-order valence-corrected chi connectivity index (χ0v) is 20.8. The van der Waals surface area contributed by atoms with Gasteiger partial charge in [0.05, 0.1) is 27.0 Å². The lowest BCUT2D eigenvalue weighted by Gasteiger charge is -2.40. The number of anilines is 1. The van der Waals surface area contributed by atoms with E-state index in [0.717, 1.165) is 44.6 Å². The standard InChI is InChI=1S/C29H31N3O4/c1-34-26-10-9-24(16-27(26)35-2)36-15-5-8-23-19-30-28(25(20-33)31-23)32-13-11-29(12-14-32)17-21-6-3-4-7-22(21)18-29/h3-4,6-7,9-10,16,19,33H,11-15,17-18,20H2,1-2H3. The van der Waals surface area contributed by atoms with Gasteiger partial charge in [0.1, 0.15) is 23.7 Å². The lowest BCUT2D eigenvalue weighted by atomic mass is 9.76. The van der Waals surface area contributed by atoms with Crippen LogP contribution in [0.5, 0.6) is 17.2 Å². The van der Waals surface area contributed by atoms with Crippen LogP contribution in [0.2, 0.25) is 0 Å². The molecule has 1 saturated heterocycles. The minimum absolute atomic E-state index is 0.174. The van der Waals surface area contributed by atoms with Gasteiger partial charge in [0.25, 0.3) is 0 Å². The van der Waals surface area contributed by atoms with Gasteiger partial charge in [0, 0.05) is 19.2 Å². The Bertz CT molecular complexity index is 1260. The fourth-order valence-electron chi connectivity index (χ4n) is 5.32. The van der Waals surface area contributed by atoms with Crippen LogP contribution in [0.3, 0.4) is 0 Å². The molecule has 1 N–H and O–H groups in total. The molecule has 0 bridgehead atoms. The number of benzene rings is 2. The molecule has 2 aromatic carbocycles. The first-order chi connectivity index (χ1) is 17.6. The van der Waals surface area contributed by atoms with Gasteiger partial charge in [-0.2, -0.15) is 0 Å². The molecule has 2 heterocycles. The maximum Gasteiger partial charge on any atom is 0.164 e. The minimum Gasteiger partial charge on any atom is -0.493 e. The highest BCUT2D eigenvalue weighted by atomic mass is 16.5. The smallest absolute Gasteiger partial charge is 0.164 e. The molecular formula is C29H31N3O4. The highest BCUT2D eigenvalue weighted by Gasteiger charge is 2.40. The maximum atomic E-state index is 9.99. The van der Waals surface area contributed by atoms with E-state index in [4.69, 9.17) is 14.2 Å². The van der Waals surface area contributed by atoms with E-state index >= 15 is 0 Å². The molecule has 186 valence electrons. The molecular weight excluding hydrogens is 454 g/mol. The van der Waals surface area contributed by atoms with Gasteiger partial charge in [0.2, 0.25) is 0 Å². The largest absolute Gasteiger partial charge is 0.493 e. The molecule has 36 heavy (non-hydrogen) atoms. The van der Waals surface area contributed by atoms with Crippen molar-refractivity contribution in [3.8, 4) is 29.1 Å². The van der Waals surface area contributed by atoms with E-state index in [-0.39, 0.29) is 13.2 Å². The summed E-state index contributed by atoms with van der Waals surface area (Å²) in [6.45, 7) is 1.84. The van der Waals surface area contributed by atoms with Gasteiger partial charge in [-0.05, 0) is 60.3 Å². The van der Waals surface area contributed by atoms with Crippen molar-refractivity contribution in [3.05, 3.63) is 71.2 Å². The number of aliphatic hydroxyl groups excluding tert-OH is 1. The molecule has 2 aliphatic rings. The number of aromatic nitrogens is 2. The third-order valence-electron chi connectivity index (χ3n) is 7.23. The van der Waals surface area contributed by atoms with E-state index in [0.29, 0.717) is 34.1 Å². The summed E-state index contributed by atoms with van der Waals surface area (Å²) in [6, 6.07) is 14.2. The number of ether oxygens (including phenoxy) is 3. The van der Waals surface area contributed by atoms with Crippen LogP contribution in [-0.2, 0) is 19.4 Å². The first kappa shape index (κ1) is 24.0. The van der Waals surface area contributed by atoms with Gasteiger partial charge >= 0.3 is 0 Å². The van der Waals surface area contributed by atoms with Gasteiger partial charge in [-0.1, -0.05) is 30.2 Å². The molecule has 1 aliphatic heterocycles. The molecule has 0 radical (unpaired) electrons. The van der Waals surface area contributed by atoms with E-state index in [2.05, 4.69) is 51.0 Å². The maximum absolute atomic E-state index is 9.99. The van der Waals surface area contributed by atoms with Crippen molar-refractivity contribution in [1.29, 1.82) is 0 Å². The summed E-state index contributed by atoms with van der Waals surface area (Å²) in [5.74, 6) is 8.58. The van der Waals surface area contributed by atoms with Crippen molar-refractivity contribution >= 4 is 5.82 Å². The number of methoxy groups -OCH3 is 2. The second kappa shape index (κ2) is 10.5. The molecule has 1 aromatic heterocycles. The fourth-order valence-corrected chi connectivity index (χ4v) is 5.32. The van der Waals surface area contributed by atoms with Gasteiger partial charge in [-0.25, -0.2) is 9.97 Å². The Balaban J connectivity index is 1.20. The summed E-state index contributed by atoms with van der Waals surface area (Å²) >= 11 is 0. The molecule has 0 unspecified atom stereocenters. The number of fused-ring (bicyclic) bond motifs is 1. The number of hydrogen-bond donors (Lipinski definition) is 1. The van der Waals surface area contributed by atoms with Crippen LogP contribution in [0.4, 0.5) is 5.82 Å². The Morgan fingerprint density at radius 2 is 1.72 bits per heavy atom. The Labute approximate surface area is 212 Å². The Hall–Kier alpha value is -3.76. The molecule has 5 rings (SSSR count). The Morgan fingerprint density at radius 1 is 1.00 bits per heavy atom. The van der Waals surface area contributed by atoms with Crippen LogP contribution in [0.1, 0.15) is 35.4 Å². The highest BCUT2D eigenvalue weighted by molar-refractivity contribution is 5.47. The number of nitrogens with zero attached hydrogens (tertiary/aromatic N) is 3. The first-order valence-electron chi connectivity index (χ1n) is 12.3. The molecule has 0 saturated carbocycles. The second-order valence-electron chi connectivity index (χ2n) is 9.40. The van der Waals surface area contributed by atoms with Crippen LogP contribution in [0.25, 0.3) is 0 Å². The normalized spacial score (nSPS) is 15.7. The lowest BCUT2D eigenvalue weighted by molar-refractivity contribution is 0.231. The Morgan fingerprint density at radius 3 is 2.39 bits per heavy atom. The van der Waals surface area contributed by atoms with Gasteiger partial charge in [-0.15, -0.1) is 0 Å². The summed E-state index contributed by atoms with van der Waals surface area (Å²) in [5.41, 5.74) is 4.43. The highest BCUT2D eigenvalue weighted by Crippen LogP contribution is 2.45. The molecule has 1 aliphatic carbocycles. The average molecular weight is 486 g/mol. The average Bonchev–Trinajstić information content (AvgIpc) is 3.28. The quantitative estimate of drug-likeness (QED) is 0.532. The number of rotatable bonds is 6. The molecule has 3 aromatic rings. The van der Waals surface area contributed by atoms with Crippen LogP contribution in [-0.4, -0.2) is 49.0 Å². The van der Waals surface area contributed by atoms with Gasteiger partial charge in [0.15, 0.2) is 17.3 Å². The van der Waals surface area contributed by atoms with Crippen LogP contribution >= 0.6 is 0 Å². The first-order valence-corrected chi connectivity index (χ1v) is 12.3. The van der Waals surface area contributed by atoms with E-state index < -0.39 is 0 Å². The number of piperidine rings is 1. The van der Waals surface area contributed by atoms with Crippen molar-refractivity contribution < 1.29 is 19.3 Å². The van der Waals surface area contributed by atoms with Crippen LogP contribution < -0.4 is 19.1 Å². The summed E-state index contributed by atoms with van der Waals surface area (Å²) in [4.78, 5) is 11.5. The lowest BCUT2D eigenvalue weighted by Crippen LogP contribution is -2.41. The van der Waals surface area contributed by atoms with E-state index in [1.807, 2.05) is 0 Å². The van der Waals surface area contributed by atoms with Crippen molar-refractivity contribution in [2.75, 3.05) is 38.8 Å². The summed E-state index contributed by atoms with van der Waals surface area (Å²) < 4.78 is 16.2. The van der Waals surface area contributed by atoms with Crippen LogP contribution in [0.15, 0.2) is 48.7 Å². The third kappa shape index (κ3) is 4.95. The monoisotopic (exact) mass is 485 g/mol. The topological polar surface area (TPSA) is 76.9 Å². The van der Waals surface area contributed by atoms with Gasteiger partial charge in [-0.3, -0.25) is 0 Å². The van der Waals surface area contributed by atoms with E-state index in [1.165, 1.54) is 11.1 Å². The van der Waals surface area contributed by atoms with Crippen LogP contribution in [0, 0.1) is 17.3 Å². The van der Waals surface area contributed by atoms with Crippen molar-refractivity contribution in [2.24, 2.45) is 5.41 Å². The SMILES string of the molecule is COc1ccc(OCC#Cc2cnc(N3CCC4(CC3)Cc3ccccc3C4)c(CO)n2)cc1OC. The second-order valence-corrected chi connectivity index (χ2v) is 9.40. The van der Waals surface area contributed by atoms with Crippen molar-refractivity contribution in [1.82, 2.24) is 9.97 Å². The summed E-state index contributed by atoms with van der Waals surface area (Å²) in [7, 11) is 3.17. The molecule has 7 heteroatoms. The van der Waals surface area contributed by atoms with E-state index in [1.54, 1.807) is 38.6 Å². The molecule has 0 amide bonds. The number of aliphatic hydroxyl groups is 1. The predicted molar refractivity (Wildman–Crippen MR) is 138 cm³/mol. The Kier molecular flexibility index (Phi) is 6.97. The van der Waals surface area contributed by atoms with Gasteiger partial charge < -0.3 is 24.2 Å². The molecule has 7 nitrogen and oxygen atoms in total. The van der Waals surface area contributed by atoms with Crippen molar-refractivity contribution in [2.45, 2.75) is 32.3 Å². The zero-order chi connectivity index (χ0) is 25.0. The fraction of sp³-hybridized carbons (Fsp3) is 0.379. The van der Waals surface area contributed by atoms with Crippen molar-refractivity contribution in [3.63, 3.8) is 0 Å². The number of hydrogen-bond acceptors (Lipinski definition) is 7. The molecule has 0 atom stereocenters. The summed E-state index contributed by atoms with van der Waals surface area (Å²) in [5, 5.41) is 9.99. The minimum atomic E-state index is -0.174. The zero-order valence-electron chi connectivity index (χ0n) is 20.8. The summed E-state index contributed by atoms with van der Waals surface area (Å²) in [6.07, 6.45) is 6.23. The molecule has 1 spiro atoms. The predicted octanol–water partition coefficient (Wildman–Crippen LogP) is 3.80. The molecule has 1 fully saturated rings.